The summed E-state index contributed by atoms with van der Waals surface area (Å²) >= 11 is 0. The first-order valence-corrected chi connectivity index (χ1v) is 3.53. The molecule has 2 heterocycles. The average molecular weight is 158 g/mol. The third kappa shape index (κ3) is 1.01. The molecule has 0 spiro atoms. The summed E-state index contributed by atoms with van der Waals surface area (Å²) in [4.78, 5) is 14.4. The molecule has 0 aromatic carbocycles. The highest BCUT2D eigenvalue weighted by Crippen LogP contribution is 2.07. The van der Waals surface area contributed by atoms with Gasteiger partial charge in [0, 0.05) is 6.20 Å². The van der Waals surface area contributed by atoms with Crippen LogP contribution in [0.4, 0.5) is 0 Å². The Morgan fingerprint density at radius 3 is 3.25 bits per heavy atom. The van der Waals surface area contributed by atoms with E-state index in [9.17, 15) is 0 Å². The minimum Gasteiger partial charge on any atom is -0.334 e. The summed E-state index contributed by atoms with van der Waals surface area (Å²) in [5.41, 5.74) is 1.56. The van der Waals surface area contributed by atoms with Crippen LogP contribution in [0.15, 0.2) is 18.3 Å². The van der Waals surface area contributed by atoms with Crippen LogP contribution in [0.25, 0.3) is 16.0 Å². The lowest BCUT2D eigenvalue weighted by molar-refractivity contribution is 1.06. The van der Waals surface area contributed by atoms with E-state index in [2.05, 4.69) is 19.8 Å². The molecule has 0 unspecified atom stereocenters. The standard InChI is InChI=1S/C8H6N4/c1-9-5-7-11-6-3-2-4-10-8(6)12-7/h2-4H,5H2,(H,10,11,12). The van der Waals surface area contributed by atoms with Gasteiger partial charge in [-0.15, -0.1) is 0 Å². The van der Waals surface area contributed by atoms with Crippen molar-refractivity contribution in [2.75, 3.05) is 0 Å². The molecule has 58 valence electrons. The fourth-order valence-corrected chi connectivity index (χ4v) is 1.04. The molecular weight excluding hydrogens is 152 g/mol. The van der Waals surface area contributed by atoms with E-state index in [0.29, 0.717) is 11.5 Å². The van der Waals surface area contributed by atoms with Gasteiger partial charge in [-0.2, -0.15) is 0 Å². The van der Waals surface area contributed by atoms with Crippen molar-refractivity contribution in [1.29, 1.82) is 0 Å². The van der Waals surface area contributed by atoms with Crippen LogP contribution in [0.1, 0.15) is 5.82 Å². The molecule has 2 aromatic heterocycles. The Labute approximate surface area is 69.1 Å². The molecule has 0 amide bonds. The minimum atomic E-state index is 0.288. The Balaban J connectivity index is 2.56. The lowest BCUT2D eigenvalue weighted by Gasteiger charge is -1.80. The molecule has 0 saturated carbocycles. The van der Waals surface area contributed by atoms with Gasteiger partial charge in [0.2, 0.25) is 0 Å². The maximum absolute atomic E-state index is 6.66. The van der Waals surface area contributed by atoms with Gasteiger partial charge >= 0.3 is 0 Å². The number of nitrogens with one attached hydrogen (secondary N) is 1. The maximum atomic E-state index is 6.66. The highest BCUT2D eigenvalue weighted by Gasteiger charge is 2.03. The monoisotopic (exact) mass is 158 g/mol. The van der Waals surface area contributed by atoms with Crippen LogP contribution < -0.4 is 0 Å². The second-order valence-corrected chi connectivity index (χ2v) is 2.37. The molecule has 1 N–H and O–H groups in total. The first-order valence-electron chi connectivity index (χ1n) is 3.53. The summed E-state index contributed by atoms with van der Waals surface area (Å²) in [5, 5.41) is 0. The van der Waals surface area contributed by atoms with E-state index in [1.54, 1.807) is 6.20 Å². The highest BCUT2D eigenvalue weighted by molar-refractivity contribution is 5.69. The predicted octanol–water partition coefficient (Wildman–Crippen LogP) is 1.38. The van der Waals surface area contributed by atoms with Gasteiger partial charge in [0.05, 0.1) is 5.52 Å². The second kappa shape index (κ2) is 2.62. The molecule has 0 bridgehead atoms. The molecule has 12 heavy (non-hydrogen) atoms. The number of aromatic amines is 1. The lowest BCUT2D eigenvalue weighted by Crippen LogP contribution is -1.80. The van der Waals surface area contributed by atoms with Crippen LogP contribution in [0, 0.1) is 6.57 Å². The molecule has 0 atom stereocenters. The number of hydrogen-bond acceptors (Lipinski definition) is 2. The average Bonchev–Trinajstić information content (AvgIpc) is 2.47. The predicted molar refractivity (Wildman–Crippen MR) is 44.2 cm³/mol. The van der Waals surface area contributed by atoms with Crippen LogP contribution in [-0.4, -0.2) is 15.0 Å². The van der Waals surface area contributed by atoms with E-state index < -0.39 is 0 Å². The molecule has 2 aromatic rings. The number of hydrogen-bond donors (Lipinski definition) is 1. The van der Waals surface area contributed by atoms with Gasteiger partial charge in [-0.3, -0.25) is 0 Å². The van der Waals surface area contributed by atoms with Crippen molar-refractivity contribution in [3.63, 3.8) is 0 Å². The van der Waals surface area contributed by atoms with Gasteiger partial charge in [0.1, 0.15) is 0 Å². The zero-order chi connectivity index (χ0) is 8.39. The van der Waals surface area contributed by atoms with Crippen molar-refractivity contribution >= 4 is 11.2 Å². The maximum Gasteiger partial charge on any atom is 0.271 e. The molecule has 0 aliphatic rings. The summed E-state index contributed by atoms with van der Waals surface area (Å²) in [6.45, 7) is 6.95. The number of H-pyrrole nitrogens is 1. The number of pyridine rings is 1. The fourth-order valence-electron chi connectivity index (χ4n) is 1.04. The van der Waals surface area contributed by atoms with E-state index in [4.69, 9.17) is 6.57 Å². The first kappa shape index (κ1) is 6.80. The van der Waals surface area contributed by atoms with Crippen LogP contribution in [0.5, 0.6) is 0 Å². The number of aromatic nitrogens is 3. The molecule has 4 nitrogen and oxygen atoms in total. The van der Waals surface area contributed by atoms with E-state index in [-0.39, 0.29) is 6.54 Å². The van der Waals surface area contributed by atoms with Crippen LogP contribution in [0.2, 0.25) is 0 Å². The van der Waals surface area contributed by atoms with Crippen molar-refractivity contribution in [2.24, 2.45) is 0 Å². The van der Waals surface area contributed by atoms with Gasteiger partial charge in [-0.05, 0) is 12.1 Å². The lowest BCUT2D eigenvalue weighted by atomic mass is 10.4. The summed E-state index contributed by atoms with van der Waals surface area (Å²) in [7, 11) is 0. The molecule has 0 aliphatic carbocycles. The first-order chi connectivity index (χ1) is 5.90. The largest absolute Gasteiger partial charge is 0.334 e. The molecule has 2 rings (SSSR count). The topological polar surface area (TPSA) is 45.9 Å². The molecule has 0 radical (unpaired) electrons. The summed E-state index contributed by atoms with van der Waals surface area (Å²) in [6.07, 6.45) is 1.69. The summed E-state index contributed by atoms with van der Waals surface area (Å²) in [6, 6.07) is 3.73. The molecule has 0 aliphatic heterocycles. The van der Waals surface area contributed by atoms with Crippen LogP contribution in [-0.2, 0) is 6.54 Å². The zero-order valence-corrected chi connectivity index (χ0v) is 6.28. The number of nitrogens with zero attached hydrogens (tertiary/aromatic N) is 3. The van der Waals surface area contributed by atoms with Gasteiger partial charge in [-0.1, -0.05) is 0 Å². The van der Waals surface area contributed by atoms with Crippen molar-refractivity contribution < 1.29 is 0 Å². The van der Waals surface area contributed by atoms with E-state index in [1.807, 2.05) is 12.1 Å². The SMILES string of the molecule is [C-]#[N+]Cc1nc2ncccc2[nH]1. The van der Waals surface area contributed by atoms with Crippen molar-refractivity contribution in [3.8, 4) is 0 Å². The minimum absolute atomic E-state index is 0.288. The van der Waals surface area contributed by atoms with Crippen LogP contribution in [0.3, 0.4) is 0 Å². The van der Waals surface area contributed by atoms with Gasteiger partial charge in [0.15, 0.2) is 11.5 Å². The van der Waals surface area contributed by atoms with Gasteiger partial charge < -0.3 is 9.83 Å². The highest BCUT2D eigenvalue weighted by atomic mass is 15.0. The van der Waals surface area contributed by atoms with E-state index in [0.717, 1.165) is 5.52 Å². The Morgan fingerprint density at radius 1 is 1.58 bits per heavy atom. The zero-order valence-electron chi connectivity index (χ0n) is 6.28. The van der Waals surface area contributed by atoms with Crippen molar-refractivity contribution in [2.45, 2.75) is 6.54 Å². The quantitative estimate of drug-likeness (QED) is 0.637. The second-order valence-electron chi connectivity index (χ2n) is 2.37. The molecule has 4 heteroatoms. The van der Waals surface area contributed by atoms with E-state index >= 15 is 0 Å². The Hall–Kier alpha value is -1.89. The summed E-state index contributed by atoms with van der Waals surface area (Å²) < 4.78 is 0. The Kier molecular flexibility index (Phi) is 1.49. The smallest absolute Gasteiger partial charge is 0.271 e. The normalized spacial score (nSPS) is 9.92. The number of rotatable bonds is 1. The molecule has 0 saturated heterocycles. The van der Waals surface area contributed by atoms with Gasteiger partial charge in [-0.25, -0.2) is 16.5 Å². The van der Waals surface area contributed by atoms with Crippen molar-refractivity contribution in [3.05, 3.63) is 35.6 Å². The summed E-state index contributed by atoms with van der Waals surface area (Å²) in [5.74, 6) is 0.679. The third-order valence-electron chi connectivity index (χ3n) is 1.54. The number of imidazole rings is 1. The fraction of sp³-hybridized carbons (Fsp3) is 0.125. The molecular formula is C8H6N4. The van der Waals surface area contributed by atoms with Gasteiger partial charge in [0.25, 0.3) is 6.54 Å². The third-order valence-corrected chi connectivity index (χ3v) is 1.54. The van der Waals surface area contributed by atoms with Crippen LogP contribution >= 0.6 is 0 Å². The van der Waals surface area contributed by atoms with E-state index in [1.165, 1.54) is 0 Å². The number of fused-ring (bicyclic) bond motifs is 1. The Morgan fingerprint density at radius 2 is 2.50 bits per heavy atom. The molecule has 0 fully saturated rings. The van der Waals surface area contributed by atoms with Crippen molar-refractivity contribution in [1.82, 2.24) is 15.0 Å². The Bertz CT molecular complexity index is 404.